The van der Waals surface area contributed by atoms with Crippen LogP contribution in [-0.2, 0) is 17.6 Å². The number of aromatic nitrogens is 1. The van der Waals surface area contributed by atoms with E-state index in [1.807, 2.05) is 44.2 Å². The van der Waals surface area contributed by atoms with Gasteiger partial charge in [0.25, 0.3) is 0 Å². The minimum absolute atomic E-state index is 0.0833. The number of pyridine rings is 1. The van der Waals surface area contributed by atoms with Gasteiger partial charge in [0.15, 0.2) is 0 Å². The summed E-state index contributed by atoms with van der Waals surface area (Å²) in [7, 11) is 0. The number of carbonyl (C=O) groups is 1. The highest BCUT2D eigenvalue weighted by molar-refractivity contribution is 8.00. The Morgan fingerprint density at radius 2 is 2.04 bits per heavy atom. The SMILES string of the molecule is CCOc1ccc(NC(=O)C(CC)Sc2nc3c(cc2C#N)CCCC3)cc1. The van der Waals surface area contributed by atoms with Gasteiger partial charge in [0.2, 0.25) is 5.91 Å². The van der Waals surface area contributed by atoms with Gasteiger partial charge in [0, 0.05) is 11.4 Å². The van der Waals surface area contributed by atoms with Crippen molar-refractivity contribution in [1.82, 2.24) is 4.98 Å². The third-order valence-corrected chi connectivity index (χ3v) is 6.10. The fourth-order valence-corrected chi connectivity index (χ4v) is 4.26. The van der Waals surface area contributed by atoms with Gasteiger partial charge in [0.05, 0.1) is 17.4 Å². The molecule has 1 unspecified atom stereocenters. The smallest absolute Gasteiger partial charge is 0.237 e. The maximum atomic E-state index is 12.8. The number of carbonyl (C=O) groups excluding carboxylic acids is 1. The van der Waals surface area contributed by atoms with Gasteiger partial charge in [-0.05, 0) is 74.9 Å². The summed E-state index contributed by atoms with van der Waals surface area (Å²) >= 11 is 1.38. The quantitative estimate of drug-likeness (QED) is 0.685. The Morgan fingerprint density at radius 1 is 1.29 bits per heavy atom. The Bertz CT molecular complexity index is 875. The molecule has 0 spiro atoms. The molecule has 0 bridgehead atoms. The van der Waals surface area contributed by atoms with Crippen molar-refractivity contribution in [1.29, 1.82) is 5.26 Å². The van der Waals surface area contributed by atoms with E-state index in [1.54, 1.807) is 0 Å². The lowest BCUT2D eigenvalue weighted by atomic mass is 9.95. The van der Waals surface area contributed by atoms with Crippen LogP contribution in [0.1, 0.15) is 49.9 Å². The Balaban J connectivity index is 1.73. The summed E-state index contributed by atoms with van der Waals surface area (Å²) < 4.78 is 5.43. The molecule has 0 radical (unpaired) electrons. The van der Waals surface area contributed by atoms with E-state index in [0.29, 0.717) is 23.6 Å². The molecule has 1 N–H and O–H groups in total. The number of aryl methyl sites for hydroxylation is 2. The molecule has 0 fully saturated rings. The first-order valence-electron chi connectivity index (χ1n) is 9.77. The second-order valence-corrected chi connectivity index (χ2v) is 7.92. The van der Waals surface area contributed by atoms with Gasteiger partial charge < -0.3 is 10.1 Å². The first-order chi connectivity index (χ1) is 13.6. The Kier molecular flexibility index (Phi) is 6.94. The van der Waals surface area contributed by atoms with Gasteiger partial charge in [-0.1, -0.05) is 18.7 Å². The van der Waals surface area contributed by atoms with Crippen LogP contribution in [0.5, 0.6) is 5.75 Å². The van der Waals surface area contributed by atoms with E-state index in [1.165, 1.54) is 17.3 Å². The summed E-state index contributed by atoms with van der Waals surface area (Å²) in [5.74, 6) is 0.693. The summed E-state index contributed by atoms with van der Waals surface area (Å²) in [5.41, 5.74) is 3.55. The molecule has 1 aromatic heterocycles. The lowest BCUT2D eigenvalue weighted by molar-refractivity contribution is -0.115. The summed E-state index contributed by atoms with van der Waals surface area (Å²) in [6.07, 6.45) is 4.86. The fraction of sp³-hybridized carbons (Fsp3) is 0.409. The van der Waals surface area contributed by atoms with Crippen LogP contribution in [0.15, 0.2) is 35.4 Å². The molecule has 1 aliphatic carbocycles. The number of rotatable bonds is 7. The third-order valence-electron chi connectivity index (χ3n) is 4.74. The molecule has 1 amide bonds. The number of anilines is 1. The van der Waals surface area contributed by atoms with E-state index in [0.717, 1.165) is 42.8 Å². The van der Waals surface area contributed by atoms with Crippen LogP contribution in [0.25, 0.3) is 0 Å². The highest BCUT2D eigenvalue weighted by Crippen LogP contribution is 2.31. The normalized spacial score (nSPS) is 13.9. The minimum Gasteiger partial charge on any atom is -0.494 e. The lowest BCUT2D eigenvalue weighted by Gasteiger charge is -2.19. The van der Waals surface area contributed by atoms with Crippen molar-refractivity contribution in [2.24, 2.45) is 0 Å². The standard InChI is InChI=1S/C22H25N3O2S/c1-3-20(21(26)24-17-9-11-18(12-10-17)27-4-2)28-22-16(14-23)13-15-7-5-6-8-19(15)25-22/h9-13,20H,3-8H2,1-2H3,(H,24,26). The maximum absolute atomic E-state index is 12.8. The van der Waals surface area contributed by atoms with Gasteiger partial charge in [-0.15, -0.1) is 0 Å². The molecular formula is C22H25N3O2S. The van der Waals surface area contributed by atoms with Crippen molar-refractivity contribution in [3.8, 4) is 11.8 Å². The van der Waals surface area contributed by atoms with Crippen LogP contribution in [0.4, 0.5) is 5.69 Å². The zero-order chi connectivity index (χ0) is 19.9. The van der Waals surface area contributed by atoms with Gasteiger partial charge in [-0.25, -0.2) is 4.98 Å². The largest absolute Gasteiger partial charge is 0.494 e. The van der Waals surface area contributed by atoms with Crippen molar-refractivity contribution < 1.29 is 9.53 Å². The number of fused-ring (bicyclic) bond motifs is 1. The molecule has 1 aromatic carbocycles. The van der Waals surface area contributed by atoms with Crippen molar-refractivity contribution in [2.45, 2.75) is 56.2 Å². The number of benzene rings is 1. The molecule has 3 rings (SSSR count). The van der Waals surface area contributed by atoms with E-state index < -0.39 is 0 Å². The van der Waals surface area contributed by atoms with Crippen LogP contribution in [-0.4, -0.2) is 22.7 Å². The van der Waals surface area contributed by atoms with E-state index in [-0.39, 0.29) is 11.2 Å². The molecule has 1 aliphatic rings. The van der Waals surface area contributed by atoms with Crippen molar-refractivity contribution in [2.75, 3.05) is 11.9 Å². The summed E-state index contributed by atoms with van der Waals surface area (Å²) in [4.78, 5) is 17.5. The van der Waals surface area contributed by atoms with Crippen molar-refractivity contribution in [3.05, 3.63) is 47.2 Å². The number of nitriles is 1. The molecule has 1 atom stereocenters. The number of nitrogens with one attached hydrogen (secondary N) is 1. The topological polar surface area (TPSA) is 75.0 Å². The van der Waals surface area contributed by atoms with E-state index >= 15 is 0 Å². The van der Waals surface area contributed by atoms with Gasteiger partial charge >= 0.3 is 0 Å². The second kappa shape index (κ2) is 9.61. The summed E-state index contributed by atoms with van der Waals surface area (Å²) in [6, 6.07) is 11.6. The molecule has 0 aliphatic heterocycles. The fourth-order valence-electron chi connectivity index (χ4n) is 3.27. The van der Waals surface area contributed by atoms with Crippen LogP contribution in [0.3, 0.4) is 0 Å². The van der Waals surface area contributed by atoms with Crippen LogP contribution in [0, 0.1) is 11.3 Å². The summed E-state index contributed by atoms with van der Waals surface area (Å²) in [5, 5.41) is 12.8. The first kappa shape index (κ1) is 20.2. The van der Waals surface area contributed by atoms with Crippen molar-refractivity contribution >= 4 is 23.4 Å². The molecule has 6 heteroatoms. The highest BCUT2D eigenvalue weighted by Gasteiger charge is 2.22. The number of ether oxygens (including phenoxy) is 1. The van der Waals surface area contributed by atoms with Crippen LogP contribution < -0.4 is 10.1 Å². The Labute approximate surface area is 170 Å². The van der Waals surface area contributed by atoms with Gasteiger partial charge in [-0.3, -0.25) is 4.79 Å². The first-order valence-corrected chi connectivity index (χ1v) is 10.7. The van der Waals surface area contributed by atoms with Crippen LogP contribution >= 0.6 is 11.8 Å². The van der Waals surface area contributed by atoms with E-state index in [2.05, 4.69) is 11.4 Å². The predicted molar refractivity (Wildman–Crippen MR) is 112 cm³/mol. The average Bonchev–Trinajstić information content (AvgIpc) is 2.72. The second-order valence-electron chi connectivity index (χ2n) is 6.73. The molecule has 0 saturated heterocycles. The molecular weight excluding hydrogens is 370 g/mol. The predicted octanol–water partition coefficient (Wildman–Crippen LogP) is 4.74. The lowest BCUT2D eigenvalue weighted by Crippen LogP contribution is -2.25. The minimum atomic E-state index is -0.312. The van der Waals surface area contributed by atoms with Gasteiger partial charge in [0.1, 0.15) is 16.8 Å². The van der Waals surface area contributed by atoms with E-state index in [9.17, 15) is 10.1 Å². The molecule has 2 aromatic rings. The molecule has 1 heterocycles. The van der Waals surface area contributed by atoms with Gasteiger partial charge in [-0.2, -0.15) is 5.26 Å². The van der Waals surface area contributed by atoms with Crippen molar-refractivity contribution in [3.63, 3.8) is 0 Å². The maximum Gasteiger partial charge on any atom is 0.237 e. The summed E-state index contributed by atoms with van der Waals surface area (Å²) in [6.45, 7) is 4.51. The average molecular weight is 396 g/mol. The Hall–Kier alpha value is -2.52. The zero-order valence-corrected chi connectivity index (χ0v) is 17.1. The molecule has 146 valence electrons. The monoisotopic (exact) mass is 395 g/mol. The number of hydrogen-bond donors (Lipinski definition) is 1. The highest BCUT2D eigenvalue weighted by atomic mass is 32.2. The number of thioether (sulfide) groups is 1. The van der Waals surface area contributed by atoms with E-state index in [4.69, 9.17) is 9.72 Å². The van der Waals surface area contributed by atoms with Crippen LogP contribution in [0.2, 0.25) is 0 Å². The number of amides is 1. The third kappa shape index (κ3) is 4.85. The zero-order valence-electron chi connectivity index (χ0n) is 16.3. The number of hydrogen-bond acceptors (Lipinski definition) is 5. The molecule has 28 heavy (non-hydrogen) atoms. The molecule has 5 nitrogen and oxygen atoms in total. The number of nitrogens with zero attached hydrogens (tertiary/aromatic N) is 2. The molecule has 0 saturated carbocycles. The Morgan fingerprint density at radius 3 is 2.71 bits per heavy atom.